The predicted octanol–water partition coefficient (Wildman–Crippen LogP) is 5.00. The second kappa shape index (κ2) is 9.39. The zero-order chi connectivity index (χ0) is 23.7. The Hall–Kier alpha value is -3.51. The number of benzene rings is 3. The first kappa shape index (κ1) is 22.3. The topological polar surface area (TPSA) is 43.9 Å². The zero-order valence-electron chi connectivity index (χ0n) is 19.4. The summed E-state index contributed by atoms with van der Waals surface area (Å²) in [6.07, 6.45) is 0. The molecule has 0 bridgehead atoms. The molecule has 0 aromatic heterocycles. The molecule has 2 heterocycles. The number of para-hydroxylation sites is 1. The molecule has 3 aromatic rings. The second-order valence-corrected chi connectivity index (χ2v) is 9.72. The van der Waals surface area contributed by atoms with Crippen molar-refractivity contribution in [2.75, 3.05) is 36.0 Å². The van der Waals surface area contributed by atoms with Gasteiger partial charge in [-0.2, -0.15) is 0 Å². The van der Waals surface area contributed by atoms with E-state index in [1.807, 2.05) is 80.6 Å². The fourth-order valence-corrected chi connectivity index (χ4v) is 5.60. The van der Waals surface area contributed by atoms with Crippen molar-refractivity contribution in [3.05, 3.63) is 101 Å². The van der Waals surface area contributed by atoms with Crippen LogP contribution in [-0.4, -0.2) is 42.9 Å². The Labute approximate surface area is 204 Å². The van der Waals surface area contributed by atoms with Crippen LogP contribution in [0.25, 0.3) is 0 Å². The minimum Gasteiger partial charge on any atom is -0.368 e. The SMILES string of the molecule is Cc1ccc(N2C(=O)C(Sc3ccccc3)=C(N3CCN(c4ccccc4)CC3)C2=O)c(C)c1. The largest absolute Gasteiger partial charge is 0.368 e. The lowest BCUT2D eigenvalue weighted by atomic mass is 10.1. The molecule has 0 radical (unpaired) electrons. The second-order valence-electron chi connectivity index (χ2n) is 8.64. The molecular formula is C28H27N3O2S. The molecular weight excluding hydrogens is 442 g/mol. The van der Waals surface area contributed by atoms with Crippen LogP contribution in [0.3, 0.4) is 0 Å². The van der Waals surface area contributed by atoms with Crippen molar-refractivity contribution in [1.82, 2.24) is 4.90 Å². The minimum absolute atomic E-state index is 0.233. The van der Waals surface area contributed by atoms with Gasteiger partial charge in [-0.3, -0.25) is 9.59 Å². The number of hydrogen-bond acceptors (Lipinski definition) is 5. The molecule has 34 heavy (non-hydrogen) atoms. The van der Waals surface area contributed by atoms with E-state index in [1.165, 1.54) is 22.3 Å². The molecule has 2 aliphatic rings. The summed E-state index contributed by atoms with van der Waals surface area (Å²) in [5, 5.41) is 0. The van der Waals surface area contributed by atoms with Crippen LogP contribution in [0.1, 0.15) is 11.1 Å². The van der Waals surface area contributed by atoms with Gasteiger partial charge in [-0.15, -0.1) is 0 Å². The van der Waals surface area contributed by atoms with Gasteiger partial charge < -0.3 is 9.80 Å². The summed E-state index contributed by atoms with van der Waals surface area (Å²) in [5.74, 6) is -0.477. The fourth-order valence-electron chi connectivity index (χ4n) is 4.58. The van der Waals surface area contributed by atoms with E-state index in [0.29, 0.717) is 29.4 Å². The predicted molar refractivity (Wildman–Crippen MR) is 138 cm³/mol. The molecule has 0 atom stereocenters. The first-order valence-corrected chi connectivity index (χ1v) is 12.3. The third kappa shape index (κ3) is 4.21. The lowest BCUT2D eigenvalue weighted by molar-refractivity contribution is -0.121. The molecule has 2 aliphatic heterocycles. The van der Waals surface area contributed by atoms with Gasteiger partial charge >= 0.3 is 0 Å². The van der Waals surface area contributed by atoms with E-state index in [2.05, 4.69) is 21.9 Å². The van der Waals surface area contributed by atoms with Crippen LogP contribution in [0.5, 0.6) is 0 Å². The lowest BCUT2D eigenvalue weighted by Gasteiger charge is -2.37. The molecule has 0 N–H and O–H groups in total. The average molecular weight is 470 g/mol. The van der Waals surface area contributed by atoms with Crippen LogP contribution >= 0.6 is 11.8 Å². The smallest absolute Gasteiger partial charge is 0.283 e. The number of rotatable bonds is 5. The number of imide groups is 1. The van der Waals surface area contributed by atoms with Crippen LogP contribution in [0.4, 0.5) is 11.4 Å². The highest BCUT2D eigenvalue weighted by molar-refractivity contribution is 8.04. The van der Waals surface area contributed by atoms with Gasteiger partial charge in [0, 0.05) is 36.8 Å². The van der Waals surface area contributed by atoms with Crippen molar-refractivity contribution in [1.29, 1.82) is 0 Å². The number of hydrogen-bond donors (Lipinski definition) is 0. The number of thioether (sulfide) groups is 1. The maximum Gasteiger partial charge on any atom is 0.283 e. The summed E-state index contributed by atoms with van der Waals surface area (Å²) >= 11 is 1.38. The Morgan fingerprint density at radius 1 is 0.706 bits per heavy atom. The summed E-state index contributed by atoms with van der Waals surface area (Å²) in [6, 6.07) is 25.9. The Morgan fingerprint density at radius 3 is 1.97 bits per heavy atom. The summed E-state index contributed by atoms with van der Waals surface area (Å²) in [4.78, 5) is 34.7. The van der Waals surface area contributed by atoms with Gasteiger partial charge in [-0.25, -0.2) is 4.90 Å². The van der Waals surface area contributed by atoms with E-state index >= 15 is 0 Å². The van der Waals surface area contributed by atoms with Crippen molar-refractivity contribution in [3.8, 4) is 0 Å². The molecule has 6 heteroatoms. The molecule has 0 unspecified atom stereocenters. The molecule has 5 rings (SSSR count). The van der Waals surface area contributed by atoms with Gasteiger partial charge in [0.2, 0.25) is 0 Å². The van der Waals surface area contributed by atoms with E-state index in [-0.39, 0.29) is 11.8 Å². The van der Waals surface area contributed by atoms with Crippen LogP contribution < -0.4 is 9.80 Å². The van der Waals surface area contributed by atoms with Crippen molar-refractivity contribution in [3.63, 3.8) is 0 Å². The number of nitrogens with zero attached hydrogens (tertiary/aromatic N) is 3. The quantitative estimate of drug-likeness (QED) is 0.492. The fraction of sp³-hybridized carbons (Fsp3) is 0.214. The zero-order valence-corrected chi connectivity index (χ0v) is 20.2. The van der Waals surface area contributed by atoms with Gasteiger partial charge in [-0.1, -0.05) is 65.9 Å². The Morgan fingerprint density at radius 2 is 1.32 bits per heavy atom. The first-order valence-electron chi connectivity index (χ1n) is 11.5. The standard InChI is InChI=1S/C28H27N3O2S/c1-20-13-14-24(21(2)19-20)31-27(32)25(26(28(31)33)34-23-11-7-4-8-12-23)30-17-15-29(16-18-30)22-9-5-3-6-10-22/h3-14,19H,15-18H2,1-2H3. The summed E-state index contributed by atoms with van der Waals surface area (Å²) in [7, 11) is 0. The van der Waals surface area contributed by atoms with E-state index in [4.69, 9.17) is 0 Å². The van der Waals surface area contributed by atoms with Gasteiger partial charge in [-0.05, 0) is 49.7 Å². The number of carbonyl (C=O) groups is 2. The van der Waals surface area contributed by atoms with Crippen molar-refractivity contribution >= 4 is 35.0 Å². The van der Waals surface area contributed by atoms with Gasteiger partial charge in [0.15, 0.2) is 0 Å². The number of aryl methyl sites for hydroxylation is 2. The van der Waals surface area contributed by atoms with Crippen molar-refractivity contribution in [2.24, 2.45) is 0 Å². The third-order valence-electron chi connectivity index (χ3n) is 6.29. The molecule has 5 nitrogen and oxygen atoms in total. The van der Waals surface area contributed by atoms with Crippen LogP contribution in [0, 0.1) is 13.8 Å². The van der Waals surface area contributed by atoms with E-state index in [1.54, 1.807) is 0 Å². The summed E-state index contributed by atoms with van der Waals surface area (Å²) in [5.41, 5.74) is 4.38. The number of piperazine rings is 1. The molecule has 1 saturated heterocycles. The van der Waals surface area contributed by atoms with Crippen LogP contribution in [0.15, 0.2) is 94.4 Å². The number of amides is 2. The first-order chi connectivity index (χ1) is 16.5. The van der Waals surface area contributed by atoms with Crippen molar-refractivity contribution in [2.45, 2.75) is 18.7 Å². The van der Waals surface area contributed by atoms with Crippen molar-refractivity contribution < 1.29 is 9.59 Å². The third-order valence-corrected chi connectivity index (χ3v) is 7.37. The Bertz CT molecular complexity index is 1250. The molecule has 0 spiro atoms. The summed E-state index contributed by atoms with van der Waals surface area (Å²) < 4.78 is 0. The highest BCUT2D eigenvalue weighted by Crippen LogP contribution is 2.40. The number of anilines is 2. The molecule has 172 valence electrons. The molecule has 1 fully saturated rings. The van der Waals surface area contributed by atoms with Gasteiger partial charge in [0.25, 0.3) is 11.8 Å². The Balaban J connectivity index is 1.47. The van der Waals surface area contributed by atoms with E-state index in [0.717, 1.165) is 29.1 Å². The monoisotopic (exact) mass is 469 g/mol. The normalized spacial score (nSPS) is 16.6. The van der Waals surface area contributed by atoms with Gasteiger partial charge in [0.1, 0.15) is 10.6 Å². The molecule has 0 aliphatic carbocycles. The highest BCUT2D eigenvalue weighted by atomic mass is 32.2. The summed E-state index contributed by atoms with van der Waals surface area (Å²) in [6.45, 7) is 6.91. The lowest BCUT2D eigenvalue weighted by Crippen LogP contribution is -2.47. The highest BCUT2D eigenvalue weighted by Gasteiger charge is 2.43. The molecule has 0 saturated carbocycles. The Kier molecular flexibility index (Phi) is 6.16. The maximum atomic E-state index is 13.8. The minimum atomic E-state index is -0.244. The van der Waals surface area contributed by atoms with Crippen LogP contribution in [0.2, 0.25) is 0 Å². The van der Waals surface area contributed by atoms with Gasteiger partial charge in [0.05, 0.1) is 5.69 Å². The molecule has 3 aromatic carbocycles. The average Bonchev–Trinajstić information content (AvgIpc) is 3.10. The number of carbonyl (C=O) groups excluding carboxylic acids is 2. The maximum absolute atomic E-state index is 13.8. The van der Waals surface area contributed by atoms with Crippen LogP contribution in [-0.2, 0) is 9.59 Å². The van der Waals surface area contributed by atoms with E-state index in [9.17, 15) is 9.59 Å². The van der Waals surface area contributed by atoms with E-state index < -0.39 is 0 Å². The molecule has 2 amide bonds.